The summed E-state index contributed by atoms with van der Waals surface area (Å²) in [6, 6.07) is 22.0. The molecule has 1 N–H and O–H groups in total. The van der Waals surface area contributed by atoms with Gasteiger partial charge in [-0.05, 0) is 41.5 Å². The third-order valence-electron chi connectivity index (χ3n) is 5.21. The molecule has 172 valence electrons. The van der Waals surface area contributed by atoms with E-state index in [-0.39, 0.29) is 17.0 Å². The zero-order valence-corrected chi connectivity index (χ0v) is 18.5. The molecule has 0 spiro atoms. The Labute approximate surface area is 194 Å². The molecule has 1 unspecified atom stereocenters. The number of halogens is 3. The van der Waals surface area contributed by atoms with E-state index in [2.05, 4.69) is 5.32 Å². The molecule has 1 atom stereocenters. The summed E-state index contributed by atoms with van der Waals surface area (Å²) in [6.45, 7) is 1.93. The van der Waals surface area contributed by atoms with Gasteiger partial charge >= 0.3 is 6.18 Å². The summed E-state index contributed by atoms with van der Waals surface area (Å²) in [4.78, 5) is 14.3. The van der Waals surface area contributed by atoms with Crippen molar-refractivity contribution in [2.75, 3.05) is 18.8 Å². The van der Waals surface area contributed by atoms with Crippen molar-refractivity contribution >= 4 is 17.7 Å². The van der Waals surface area contributed by atoms with Crippen molar-refractivity contribution in [2.45, 2.75) is 18.1 Å². The van der Waals surface area contributed by atoms with Crippen molar-refractivity contribution in [3.63, 3.8) is 0 Å². The van der Waals surface area contributed by atoms with E-state index >= 15 is 0 Å². The van der Waals surface area contributed by atoms with Crippen LogP contribution < -0.4 is 10.1 Å². The number of thioether (sulfide) groups is 1. The van der Waals surface area contributed by atoms with Gasteiger partial charge in [-0.15, -0.1) is 11.8 Å². The van der Waals surface area contributed by atoms with Gasteiger partial charge in [-0.1, -0.05) is 48.5 Å². The summed E-state index contributed by atoms with van der Waals surface area (Å²) in [5.74, 6) is 0.992. The Morgan fingerprint density at radius 2 is 1.70 bits per heavy atom. The highest BCUT2D eigenvalue weighted by Crippen LogP contribution is 2.40. The molecule has 3 aromatic rings. The Morgan fingerprint density at radius 3 is 2.45 bits per heavy atom. The molecule has 1 heterocycles. The number of nitrogens with zero attached hydrogens (tertiary/aromatic N) is 1. The quantitative estimate of drug-likeness (QED) is 0.417. The van der Waals surface area contributed by atoms with Crippen molar-refractivity contribution in [1.82, 2.24) is 10.2 Å². The first-order valence-corrected chi connectivity index (χ1v) is 11.6. The van der Waals surface area contributed by atoms with Crippen molar-refractivity contribution in [3.05, 3.63) is 95.6 Å². The van der Waals surface area contributed by atoms with Crippen LogP contribution >= 0.6 is 11.8 Å². The number of hydrogen-bond acceptors (Lipinski definition) is 4. The summed E-state index contributed by atoms with van der Waals surface area (Å²) in [5.41, 5.74) is 1.29. The number of carbonyl (C=O) groups excluding carboxylic acids is 1. The van der Waals surface area contributed by atoms with Crippen LogP contribution in [-0.2, 0) is 17.5 Å². The summed E-state index contributed by atoms with van der Waals surface area (Å²) >= 11 is 1.53. The minimum Gasteiger partial charge on any atom is -0.457 e. The molecule has 0 radical (unpaired) electrons. The van der Waals surface area contributed by atoms with Gasteiger partial charge in [-0.3, -0.25) is 4.79 Å². The monoisotopic (exact) mass is 472 g/mol. The molecule has 0 saturated carbocycles. The lowest BCUT2D eigenvalue weighted by atomic mass is 10.2. The van der Waals surface area contributed by atoms with Crippen LogP contribution in [0.1, 0.15) is 22.1 Å². The van der Waals surface area contributed by atoms with Crippen LogP contribution in [0.15, 0.2) is 78.9 Å². The molecule has 1 aliphatic rings. The van der Waals surface area contributed by atoms with E-state index in [1.165, 1.54) is 29.5 Å². The summed E-state index contributed by atoms with van der Waals surface area (Å²) in [5, 5.41) is 3.20. The average molecular weight is 473 g/mol. The molecular weight excluding hydrogens is 449 g/mol. The van der Waals surface area contributed by atoms with Crippen molar-refractivity contribution in [3.8, 4) is 11.5 Å². The van der Waals surface area contributed by atoms with Crippen molar-refractivity contribution in [1.29, 1.82) is 0 Å². The summed E-state index contributed by atoms with van der Waals surface area (Å²) in [7, 11) is 0. The smallest absolute Gasteiger partial charge is 0.416 e. The Hall–Kier alpha value is -2.97. The predicted octanol–water partition coefficient (Wildman–Crippen LogP) is 5.86. The molecule has 0 bridgehead atoms. The zero-order valence-electron chi connectivity index (χ0n) is 17.7. The number of rotatable bonds is 8. The first-order chi connectivity index (χ1) is 15.9. The van der Waals surface area contributed by atoms with E-state index in [0.29, 0.717) is 24.6 Å². The summed E-state index contributed by atoms with van der Waals surface area (Å²) in [6.07, 6.45) is -4.43. The van der Waals surface area contributed by atoms with E-state index in [9.17, 15) is 18.0 Å². The fraction of sp³-hybridized carbons (Fsp3) is 0.240. The highest BCUT2D eigenvalue weighted by Gasteiger charge is 2.33. The Balaban J connectivity index is 1.40. The number of benzene rings is 3. The molecule has 4 nitrogen and oxygen atoms in total. The van der Waals surface area contributed by atoms with E-state index in [0.717, 1.165) is 24.2 Å². The summed E-state index contributed by atoms with van der Waals surface area (Å²) < 4.78 is 44.6. The van der Waals surface area contributed by atoms with Crippen LogP contribution in [-0.4, -0.2) is 29.6 Å². The minimum absolute atomic E-state index is 0.0655. The topological polar surface area (TPSA) is 41.6 Å². The van der Waals surface area contributed by atoms with Gasteiger partial charge in [0.1, 0.15) is 16.9 Å². The Morgan fingerprint density at radius 1 is 0.970 bits per heavy atom. The fourth-order valence-electron chi connectivity index (χ4n) is 3.60. The number of ether oxygens (including phenoxy) is 1. The van der Waals surface area contributed by atoms with Crippen LogP contribution in [0.5, 0.6) is 11.5 Å². The minimum atomic E-state index is -4.43. The maximum Gasteiger partial charge on any atom is 0.416 e. The van der Waals surface area contributed by atoms with Crippen LogP contribution in [0.2, 0.25) is 0 Å². The van der Waals surface area contributed by atoms with Gasteiger partial charge in [0.25, 0.3) is 0 Å². The SMILES string of the molecule is O=C1CSC(c2cccc(Oc3cccc(C(F)(F)F)c3)c2)N1CCNCc1ccccc1. The first-order valence-electron chi connectivity index (χ1n) is 10.5. The first kappa shape index (κ1) is 23.2. The largest absolute Gasteiger partial charge is 0.457 e. The second kappa shape index (κ2) is 10.3. The second-order valence-electron chi connectivity index (χ2n) is 7.61. The van der Waals surface area contributed by atoms with Crippen molar-refractivity contribution < 1.29 is 22.7 Å². The number of alkyl halides is 3. The number of carbonyl (C=O) groups is 1. The molecule has 8 heteroatoms. The molecule has 1 aliphatic heterocycles. The predicted molar refractivity (Wildman–Crippen MR) is 123 cm³/mol. The van der Waals surface area contributed by atoms with Gasteiger partial charge in [-0.25, -0.2) is 0 Å². The molecule has 0 aromatic heterocycles. The number of nitrogens with one attached hydrogen (secondary N) is 1. The van der Waals surface area contributed by atoms with Gasteiger partial charge in [0, 0.05) is 19.6 Å². The average Bonchev–Trinajstić information content (AvgIpc) is 3.17. The maximum absolute atomic E-state index is 13.0. The lowest BCUT2D eigenvalue weighted by Gasteiger charge is -2.25. The molecule has 3 aromatic carbocycles. The van der Waals surface area contributed by atoms with Crippen LogP contribution in [0.25, 0.3) is 0 Å². The number of amides is 1. The third kappa shape index (κ3) is 6.09. The molecule has 33 heavy (non-hydrogen) atoms. The van der Waals surface area contributed by atoms with Crippen LogP contribution in [0, 0.1) is 0 Å². The fourth-order valence-corrected chi connectivity index (χ4v) is 4.81. The van der Waals surface area contributed by atoms with E-state index in [4.69, 9.17) is 4.74 Å². The molecule has 1 fully saturated rings. The Kier molecular flexibility index (Phi) is 7.25. The number of hydrogen-bond donors (Lipinski definition) is 1. The third-order valence-corrected chi connectivity index (χ3v) is 6.47. The van der Waals surface area contributed by atoms with Gasteiger partial charge in [0.2, 0.25) is 5.91 Å². The van der Waals surface area contributed by atoms with E-state index in [1.807, 2.05) is 41.3 Å². The molecule has 4 rings (SSSR count). The highest BCUT2D eigenvalue weighted by atomic mass is 32.2. The lowest BCUT2D eigenvalue weighted by molar-refractivity contribution is -0.137. The molecular formula is C25H23F3N2O2S. The van der Waals surface area contributed by atoms with E-state index < -0.39 is 11.7 Å². The highest BCUT2D eigenvalue weighted by molar-refractivity contribution is 8.00. The normalized spacial score (nSPS) is 16.3. The van der Waals surface area contributed by atoms with Gasteiger partial charge < -0.3 is 15.0 Å². The molecule has 1 saturated heterocycles. The van der Waals surface area contributed by atoms with Gasteiger partial charge in [-0.2, -0.15) is 13.2 Å². The molecule has 0 aliphatic carbocycles. The second-order valence-corrected chi connectivity index (χ2v) is 8.68. The van der Waals surface area contributed by atoms with E-state index in [1.54, 1.807) is 18.2 Å². The standard InChI is InChI=1S/C25H23F3N2O2S/c26-25(27,28)20-9-5-11-22(15-20)32-21-10-4-8-19(14-21)24-30(23(31)17-33-24)13-12-29-16-18-6-2-1-3-7-18/h1-11,14-15,24,29H,12-13,16-17H2. The van der Waals surface area contributed by atoms with Crippen LogP contribution in [0.3, 0.4) is 0 Å². The molecule has 1 amide bonds. The maximum atomic E-state index is 13.0. The van der Waals surface area contributed by atoms with Gasteiger partial charge in [0.05, 0.1) is 11.3 Å². The van der Waals surface area contributed by atoms with Crippen molar-refractivity contribution in [2.24, 2.45) is 0 Å². The lowest BCUT2D eigenvalue weighted by Crippen LogP contribution is -2.34. The zero-order chi connectivity index (χ0) is 23.3. The van der Waals surface area contributed by atoms with Gasteiger partial charge in [0.15, 0.2) is 0 Å². The van der Waals surface area contributed by atoms with Crippen LogP contribution in [0.4, 0.5) is 13.2 Å². The Bertz CT molecular complexity index is 1090.